The number of rotatable bonds is 5. The minimum absolute atomic E-state index is 0.0880. The summed E-state index contributed by atoms with van der Waals surface area (Å²) in [6.07, 6.45) is 2.72. The summed E-state index contributed by atoms with van der Waals surface area (Å²) in [6, 6.07) is 9.36. The summed E-state index contributed by atoms with van der Waals surface area (Å²) >= 11 is 0. The van der Waals surface area contributed by atoms with Crippen molar-refractivity contribution in [3.8, 4) is 0 Å². The molecule has 2 aromatic rings. The normalized spacial score (nSPS) is 20.2. The number of nitrogens with zero attached hydrogens (tertiary/aromatic N) is 1. The second-order valence-corrected chi connectivity index (χ2v) is 6.10. The van der Waals surface area contributed by atoms with E-state index in [9.17, 15) is 4.79 Å². The van der Waals surface area contributed by atoms with E-state index in [0.717, 1.165) is 36.5 Å². The number of carbonyl (C=O) groups excluding carboxylic acids is 1. The van der Waals surface area contributed by atoms with E-state index >= 15 is 0 Å². The maximum Gasteiger partial charge on any atom is 0.229 e. The molecular weight excluding hydrogens is 290 g/mol. The first-order chi connectivity index (χ1) is 11.2. The van der Waals surface area contributed by atoms with E-state index in [1.807, 2.05) is 37.3 Å². The Bertz CT molecular complexity index is 648. The number of hydrogen-bond acceptors (Lipinski definition) is 4. The lowest BCUT2D eigenvalue weighted by molar-refractivity contribution is -0.120. The number of benzene rings is 1. The van der Waals surface area contributed by atoms with Gasteiger partial charge in [0.25, 0.3) is 0 Å². The average Bonchev–Trinajstić information content (AvgIpc) is 3.25. The lowest BCUT2D eigenvalue weighted by Crippen LogP contribution is -2.30. The first-order valence-electron chi connectivity index (χ1n) is 8.02. The van der Waals surface area contributed by atoms with Crippen LogP contribution in [0.2, 0.25) is 0 Å². The molecule has 6 nitrogen and oxygen atoms in total. The number of aromatic amines is 1. The minimum Gasteiger partial charge on any atom is -0.323 e. The van der Waals surface area contributed by atoms with Crippen LogP contribution in [0, 0.1) is 5.92 Å². The molecule has 1 aliphatic heterocycles. The maximum absolute atomic E-state index is 12.5. The zero-order chi connectivity index (χ0) is 16.2. The highest BCUT2D eigenvalue weighted by molar-refractivity contribution is 5.93. The number of hydrogen-bond donors (Lipinski definition) is 4. The van der Waals surface area contributed by atoms with Crippen LogP contribution in [-0.2, 0) is 4.79 Å². The van der Waals surface area contributed by atoms with Crippen molar-refractivity contribution < 1.29 is 4.79 Å². The van der Waals surface area contributed by atoms with Gasteiger partial charge in [0.2, 0.25) is 5.91 Å². The van der Waals surface area contributed by atoms with E-state index in [1.54, 1.807) is 6.20 Å². The molecule has 2 heterocycles. The average molecular weight is 313 g/mol. The summed E-state index contributed by atoms with van der Waals surface area (Å²) in [5, 5.41) is 13.4. The molecule has 0 bridgehead atoms. The number of anilines is 1. The van der Waals surface area contributed by atoms with Gasteiger partial charge in [-0.3, -0.25) is 9.89 Å². The van der Waals surface area contributed by atoms with Crippen LogP contribution in [0.5, 0.6) is 0 Å². The molecule has 0 radical (unpaired) electrons. The predicted molar refractivity (Wildman–Crippen MR) is 90.0 cm³/mol. The predicted octanol–water partition coefficient (Wildman–Crippen LogP) is 1.76. The summed E-state index contributed by atoms with van der Waals surface area (Å²) in [4.78, 5) is 12.5. The summed E-state index contributed by atoms with van der Waals surface area (Å²) in [7, 11) is 0. The van der Waals surface area contributed by atoms with Crippen molar-refractivity contribution in [2.45, 2.75) is 25.3 Å². The topological polar surface area (TPSA) is 95.8 Å². The number of nitrogens with one attached hydrogen (secondary N) is 3. The molecule has 1 fully saturated rings. The molecule has 3 rings (SSSR count). The van der Waals surface area contributed by atoms with Crippen LogP contribution >= 0.6 is 0 Å². The monoisotopic (exact) mass is 313 g/mol. The van der Waals surface area contributed by atoms with E-state index in [1.165, 1.54) is 0 Å². The first-order valence-corrected chi connectivity index (χ1v) is 8.02. The highest BCUT2D eigenvalue weighted by atomic mass is 16.1. The summed E-state index contributed by atoms with van der Waals surface area (Å²) < 4.78 is 0. The summed E-state index contributed by atoms with van der Waals surface area (Å²) in [6.45, 7) is 3.75. The van der Waals surface area contributed by atoms with Crippen molar-refractivity contribution in [1.82, 2.24) is 15.5 Å². The molecule has 1 aliphatic rings. The van der Waals surface area contributed by atoms with Crippen molar-refractivity contribution in [1.29, 1.82) is 0 Å². The Labute approximate surface area is 135 Å². The SMILES string of the molecule is CC(C(=O)Nc1cn[nH]c1C1CCNC1)C(N)c1ccccc1. The summed E-state index contributed by atoms with van der Waals surface area (Å²) in [5.74, 6) is -0.0530. The number of H-pyrrole nitrogens is 1. The minimum atomic E-state index is -0.334. The number of carbonyl (C=O) groups is 1. The van der Waals surface area contributed by atoms with Crippen molar-refractivity contribution in [3.05, 3.63) is 47.8 Å². The Kier molecular flexibility index (Phi) is 4.73. The molecule has 3 unspecified atom stereocenters. The summed E-state index contributed by atoms with van der Waals surface area (Å²) in [5.41, 5.74) is 8.94. The molecule has 0 saturated carbocycles. The number of nitrogens with two attached hydrogens (primary N) is 1. The van der Waals surface area contributed by atoms with Crippen molar-refractivity contribution >= 4 is 11.6 Å². The van der Waals surface area contributed by atoms with Gasteiger partial charge in [-0.05, 0) is 18.5 Å². The van der Waals surface area contributed by atoms with Gasteiger partial charge >= 0.3 is 0 Å². The van der Waals surface area contributed by atoms with Crippen molar-refractivity contribution in [3.63, 3.8) is 0 Å². The van der Waals surface area contributed by atoms with Crippen LogP contribution in [0.4, 0.5) is 5.69 Å². The zero-order valence-corrected chi connectivity index (χ0v) is 13.3. The van der Waals surface area contributed by atoms with E-state index < -0.39 is 0 Å². The largest absolute Gasteiger partial charge is 0.323 e. The molecule has 1 saturated heterocycles. The van der Waals surface area contributed by atoms with Gasteiger partial charge in [0.15, 0.2) is 0 Å². The van der Waals surface area contributed by atoms with E-state index in [0.29, 0.717) is 5.92 Å². The third-order valence-corrected chi connectivity index (χ3v) is 4.53. The smallest absolute Gasteiger partial charge is 0.229 e. The maximum atomic E-state index is 12.5. The van der Waals surface area contributed by atoms with Crippen LogP contribution in [0.25, 0.3) is 0 Å². The Morgan fingerprint density at radius 3 is 2.87 bits per heavy atom. The highest BCUT2D eigenvalue weighted by Crippen LogP contribution is 2.28. The van der Waals surface area contributed by atoms with Gasteiger partial charge in [-0.15, -0.1) is 0 Å². The Balaban J connectivity index is 1.68. The van der Waals surface area contributed by atoms with Gasteiger partial charge in [-0.1, -0.05) is 37.3 Å². The molecule has 1 aromatic carbocycles. The molecule has 1 amide bonds. The fraction of sp³-hybridized carbons (Fsp3) is 0.412. The molecule has 23 heavy (non-hydrogen) atoms. The fourth-order valence-corrected chi connectivity index (χ4v) is 2.98. The van der Waals surface area contributed by atoms with Gasteiger partial charge in [0, 0.05) is 18.5 Å². The number of aromatic nitrogens is 2. The van der Waals surface area contributed by atoms with Crippen LogP contribution in [0.3, 0.4) is 0 Å². The quantitative estimate of drug-likeness (QED) is 0.676. The van der Waals surface area contributed by atoms with E-state index in [4.69, 9.17) is 5.73 Å². The fourth-order valence-electron chi connectivity index (χ4n) is 2.98. The third-order valence-electron chi connectivity index (χ3n) is 4.53. The zero-order valence-electron chi connectivity index (χ0n) is 13.3. The van der Waals surface area contributed by atoms with Gasteiger partial charge in [0.1, 0.15) is 0 Å². The molecule has 3 atom stereocenters. The second kappa shape index (κ2) is 6.93. The van der Waals surface area contributed by atoms with Crippen LogP contribution in [-0.4, -0.2) is 29.2 Å². The number of amides is 1. The Morgan fingerprint density at radius 2 is 2.17 bits per heavy atom. The lowest BCUT2D eigenvalue weighted by atomic mass is 9.94. The van der Waals surface area contributed by atoms with E-state index in [-0.39, 0.29) is 17.9 Å². The van der Waals surface area contributed by atoms with Crippen LogP contribution in [0.1, 0.15) is 36.6 Å². The van der Waals surface area contributed by atoms with Gasteiger partial charge in [-0.25, -0.2) is 0 Å². The lowest BCUT2D eigenvalue weighted by Gasteiger charge is -2.20. The van der Waals surface area contributed by atoms with Gasteiger partial charge < -0.3 is 16.4 Å². The molecule has 122 valence electrons. The Hall–Kier alpha value is -2.18. The van der Waals surface area contributed by atoms with Crippen molar-refractivity contribution in [2.75, 3.05) is 18.4 Å². The van der Waals surface area contributed by atoms with Crippen LogP contribution < -0.4 is 16.4 Å². The molecular formula is C17H23N5O. The first kappa shape index (κ1) is 15.7. The van der Waals surface area contributed by atoms with Crippen molar-refractivity contribution in [2.24, 2.45) is 11.7 Å². The highest BCUT2D eigenvalue weighted by Gasteiger charge is 2.26. The molecule has 0 aliphatic carbocycles. The standard InChI is InChI=1S/C17H23N5O/c1-11(15(18)12-5-3-2-4-6-12)17(23)21-14-10-20-22-16(14)13-7-8-19-9-13/h2-6,10-11,13,15,19H,7-9,18H2,1H3,(H,20,22)(H,21,23). The second-order valence-electron chi connectivity index (χ2n) is 6.10. The van der Waals surface area contributed by atoms with E-state index in [2.05, 4.69) is 20.8 Å². The molecule has 0 spiro atoms. The van der Waals surface area contributed by atoms with Crippen LogP contribution in [0.15, 0.2) is 36.5 Å². The third kappa shape index (κ3) is 3.43. The van der Waals surface area contributed by atoms with Gasteiger partial charge in [-0.2, -0.15) is 5.10 Å². The molecule has 5 N–H and O–H groups in total. The Morgan fingerprint density at radius 1 is 1.39 bits per heavy atom. The molecule has 1 aromatic heterocycles. The van der Waals surface area contributed by atoms with Gasteiger partial charge in [0.05, 0.1) is 23.5 Å². The molecule has 6 heteroatoms.